The van der Waals surface area contributed by atoms with Crippen molar-refractivity contribution in [1.29, 1.82) is 0 Å². The molecule has 2 heterocycles. The Morgan fingerprint density at radius 2 is 2.50 bits per heavy atom. The van der Waals surface area contributed by atoms with E-state index >= 15 is 0 Å². The third-order valence-electron chi connectivity index (χ3n) is 2.67. The summed E-state index contributed by atoms with van der Waals surface area (Å²) in [7, 11) is 1.91. The third-order valence-corrected chi connectivity index (χ3v) is 2.67. The third kappa shape index (κ3) is 2.48. The first-order valence-electron chi connectivity index (χ1n) is 5.42. The van der Waals surface area contributed by atoms with Gasteiger partial charge < -0.3 is 15.0 Å². The number of anilines is 1. The average Bonchev–Trinajstić information content (AvgIpc) is 2.32. The zero-order valence-electron chi connectivity index (χ0n) is 9.32. The van der Waals surface area contributed by atoms with Gasteiger partial charge in [-0.3, -0.25) is 0 Å². The molecule has 0 aromatic carbocycles. The highest BCUT2D eigenvalue weighted by atomic mass is 19.1. The molecule has 1 unspecified atom stereocenters. The molecule has 0 amide bonds. The van der Waals surface area contributed by atoms with Crippen molar-refractivity contribution in [2.75, 3.05) is 38.3 Å². The minimum absolute atomic E-state index is 0.261. The van der Waals surface area contributed by atoms with Crippen LogP contribution in [0.2, 0.25) is 0 Å². The van der Waals surface area contributed by atoms with Crippen LogP contribution in [0.1, 0.15) is 0 Å². The molecule has 0 radical (unpaired) electrons. The molecule has 0 aliphatic carbocycles. The molecule has 4 nitrogen and oxygen atoms in total. The van der Waals surface area contributed by atoms with Crippen LogP contribution in [0, 0.1) is 5.82 Å². The Balaban J connectivity index is 2.13. The smallest absolute Gasteiger partial charge is 0.141 e. The van der Waals surface area contributed by atoms with Crippen LogP contribution in [0.15, 0.2) is 18.3 Å². The van der Waals surface area contributed by atoms with Gasteiger partial charge in [-0.15, -0.1) is 0 Å². The maximum atomic E-state index is 12.8. The summed E-state index contributed by atoms with van der Waals surface area (Å²) in [4.78, 5) is 6.25. The summed E-state index contributed by atoms with van der Waals surface area (Å²) in [6, 6.07) is 3.41. The van der Waals surface area contributed by atoms with E-state index < -0.39 is 0 Å². The van der Waals surface area contributed by atoms with E-state index in [4.69, 9.17) is 4.74 Å². The predicted molar refractivity (Wildman–Crippen MR) is 60.1 cm³/mol. The second-order valence-corrected chi connectivity index (χ2v) is 3.81. The highest BCUT2D eigenvalue weighted by Crippen LogP contribution is 2.16. The molecule has 0 bridgehead atoms. The van der Waals surface area contributed by atoms with E-state index in [9.17, 15) is 4.39 Å². The molecule has 2 rings (SSSR count). The van der Waals surface area contributed by atoms with Crippen molar-refractivity contribution in [2.45, 2.75) is 6.04 Å². The molecule has 88 valence electrons. The van der Waals surface area contributed by atoms with Crippen LogP contribution < -0.4 is 10.2 Å². The van der Waals surface area contributed by atoms with Crippen LogP contribution >= 0.6 is 0 Å². The summed E-state index contributed by atoms with van der Waals surface area (Å²) in [6.07, 6.45) is 1.25. The van der Waals surface area contributed by atoms with Crippen molar-refractivity contribution in [2.24, 2.45) is 0 Å². The molecule has 1 aromatic heterocycles. The topological polar surface area (TPSA) is 37.4 Å². The summed E-state index contributed by atoms with van der Waals surface area (Å²) in [5.41, 5.74) is 0. The van der Waals surface area contributed by atoms with Gasteiger partial charge in [-0.2, -0.15) is 0 Å². The molecule has 16 heavy (non-hydrogen) atoms. The van der Waals surface area contributed by atoms with Crippen molar-refractivity contribution in [3.8, 4) is 0 Å². The second-order valence-electron chi connectivity index (χ2n) is 3.81. The fourth-order valence-corrected chi connectivity index (χ4v) is 1.90. The van der Waals surface area contributed by atoms with Gasteiger partial charge in [0, 0.05) is 13.1 Å². The SMILES string of the molecule is CNCC1COCCN1c1ccc(F)cn1. The number of pyridine rings is 1. The highest BCUT2D eigenvalue weighted by Gasteiger charge is 2.23. The molecule has 0 spiro atoms. The Morgan fingerprint density at radius 3 is 3.19 bits per heavy atom. The van der Waals surface area contributed by atoms with Gasteiger partial charge in [0.05, 0.1) is 25.5 Å². The average molecular weight is 225 g/mol. The number of aromatic nitrogens is 1. The minimum atomic E-state index is -0.304. The number of hydrogen-bond acceptors (Lipinski definition) is 4. The van der Waals surface area contributed by atoms with Gasteiger partial charge in [0.1, 0.15) is 11.6 Å². The molecular formula is C11H16FN3O. The molecule has 5 heteroatoms. The Bertz CT molecular complexity index is 329. The maximum Gasteiger partial charge on any atom is 0.141 e. The summed E-state index contributed by atoms with van der Waals surface area (Å²) in [6.45, 7) is 3.00. The molecule has 0 saturated carbocycles. The molecule has 1 aliphatic heterocycles. The minimum Gasteiger partial charge on any atom is -0.377 e. The van der Waals surface area contributed by atoms with Gasteiger partial charge in [0.15, 0.2) is 0 Å². The zero-order chi connectivity index (χ0) is 11.4. The van der Waals surface area contributed by atoms with Crippen LogP contribution in [0.3, 0.4) is 0 Å². The van der Waals surface area contributed by atoms with Gasteiger partial charge in [-0.1, -0.05) is 0 Å². The Morgan fingerprint density at radius 1 is 1.62 bits per heavy atom. The van der Waals surface area contributed by atoms with Gasteiger partial charge in [-0.05, 0) is 19.2 Å². The Labute approximate surface area is 94.4 Å². The van der Waals surface area contributed by atoms with Crippen LogP contribution in [-0.2, 0) is 4.74 Å². The Hall–Kier alpha value is -1.20. The number of ether oxygens (including phenoxy) is 1. The van der Waals surface area contributed by atoms with E-state index in [0.29, 0.717) is 13.2 Å². The van der Waals surface area contributed by atoms with E-state index in [-0.39, 0.29) is 11.9 Å². The number of halogens is 1. The fourth-order valence-electron chi connectivity index (χ4n) is 1.90. The predicted octanol–water partition coefficient (Wildman–Crippen LogP) is 0.645. The van der Waals surface area contributed by atoms with Gasteiger partial charge in [0.25, 0.3) is 0 Å². The first-order valence-corrected chi connectivity index (χ1v) is 5.42. The van der Waals surface area contributed by atoms with Crippen molar-refractivity contribution < 1.29 is 9.13 Å². The summed E-state index contributed by atoms with van der Waals surface area (Å²) in [5.74, 6) is 0.507. The quantitative estimate of drug-likeness (QED) is 0.819. The van der Waals surface area contributed by atoms with Gasteiger partial charge in [-0.25, -0.2) is 9.37 Å². The van der Waals surface area contributed by atoms with Crippen molar-refractivity contribution in [1.82, 2.24) is 10.3 Å². The van der Waals surface area contributed by atoms with Crippen molar-refractivity contribution >= 4 is 5.82 Å². The van der Waals surface area contributed by atoms with E-state index in [1.54, 1.807) is 6.07 Å². The summed E-state index contributed by atoms with van der Waals surface area (Å²) < 4.78 is 18.2. The first kappa shape index (κ1) is 11.3. The normalized spacial score (nSPS) is 21.1. The standard InChI is InChI=1S/C11H16FN3O/c1-13-7-10-8-16-5-4-15(10)11-3-2-9(12)6-14-11/h2-3,6,10,13H,4-5,7-8H2,1H3. The van der Waals surface area contributed by atoms with E-state index in [0.717, 1.165) is 18.9 Å². The number of rotatable bonds is 3. The van der Waals surface area contributed by atoms with E-state index in [1.165, 1.54) is 12.3 Å². The number of nitrogens with one attached hydrogen (secondary N) is 1. The van der Waals surface area contributed by atoms with Gasteiger partial charge >= 0.3 is 0 Å². The largest absolute Gasteiger partial charge is 0.377 e. The molecule has 1 atom stereocenters. The molecule has 1 aromatic rings. The fraction of sp³-hybridized carbons (Fsp3) is 0.545. The maximum absolute atomic E-state index is 12.8. The number of nitrogens with zero attached hydrogens (tertiary/aromatic N) is 2. The number of hydrogen-bond donors (Lipinski definition) is 1. The van der Waals surface area contributed by atoms with Crippen molar-refractivity contribution in [3.63, 3.8) is 0 Å². The molecule has 1 fully saturated rings. The van der Waals surface area contributed by atoms with E-state index in [1.807, 2.05) is 7.05 Å². The van der Waals surface area contributed by atoms with Crippen molar-refractivity contribution in [3.05, 3.63) is 24.1 Å². The lowest BCUT2D eigenvalue weighted by Gasteiger charge is -2.36. The van der Waals surface area contributed by atoms with Crippen LogP contribution in [-0.4, -0.2) is 44.4 Å². The second kappa shape index (κ2) is 5.23. The monoisotopic (exact) mass is 225 g/mol. The lowest BCUT2D eigenvalue weighted by molar-refractivity contribution is 0.0939. The summed E-state index contributed by atoms with van der Waals surface area (Å²) in [5, 5.41) is 3.13. The lowest BCUT2D eigenvalue weighted by Crippen LogP contribution is -2.50. The Kier molecular flexibility index (Phi) is 3.69. The molecule has 1 N–H and O–H groups in total. The number of likely N-dealkylation sites (N-methyl/N-ethyl adjacent to an activating group) is 1. The molecule has 1 saturated heterocycles. The lowest BCUT2D eigenvalue weighted by atomic mass is 10.2. The van der Waals surface area contributed by atoms with Crippen LogP contribution in [0.5, 0.6) is 0 Å². The first-order chi connectivity index (χ1) is 7.81. The van der Waals surface area contributed by atoms with Crippen LogP contribution in [0.4, 0.5) is 10.2 Å². The van der Waals surface area contributed by atoms with Gasteiger partial charge in [0.2, 0.25) is 0 Å². The van der Waals surface area contributed by atoms with Crippen LogP contribution in [0.25, 0.3) is 0 Å². The summed E-state index contributed by atoms with van der Waals surface area (Å²) >= 11 is 0. The molecule has 1 aliphatic rings. The zero-order valence-corrected chi connectivity index (χ0v) is 9.32. The molecular weight excluding hydrogens is 209 g/mol. The number of morpholine rings is 1. The van der Waals surface area contributed by atoms with E-state index in [2.05, 4.69) is 15.2 Å². The highest BCUT2D eigenvalue weighted by molar-refractivity contribution is 5.40.